The van der Waals surface area contributed by atoms with Crippen molar-refractivity contribution in [3.8, 4) is 0 Å². The molecule has 1 saturated heterocycles. The minimum Gasteiger partial charge on any atom is -0.351 e. The van der Waals surface area contributed by atoms with E-state index in [9.17, 15) is 4.79 Å². The summed E-state index contributed by atoms with van der Waals surface area (Å²) in [6.07, 6.45) is 3.63. The van der Waals surface area contributed by atoms with Gasteiger partial charge in [0.05, 0.1) is 0 Å². The van der Waals surface area contributed by atoms with Crippen molar-refractivity contribution in [3.05, 3.63) is 29.8 Å². The maximum atomic E-state index is 10.7. The number of anilines is 1. The Hall–Kier alpha value is -1.55. The highest BCUT2D eigenvalue weighted by molar-refractivity contribution is 5.87. The molecule has 2 rings (SSSR count). The van der Waals surface area contributed by atoms with Crippen molar-refractivity contribution in [1.82, 2.24) is 5.32 Å². The predicted molar refractivity (Wildman–Crippen MR) is 68.9 cm³/mol. The lowest BCUT2D eigenvalue weighted by molar-refractivity contribution is 0.259. The van der Waals surface area contributed by atoms with E-state index in [2.05, 4.69) is 22.8 Å². The number of benzene rings is 1. The van der Waals surface area contributed by atoms with E-state index in [0.717, 1.165) is 31.1 Å². The lowest BCUT2D eigenvalue weighted by Gasteiger charge is -2.22. The first-order valence-electron chi connectivity index (χ1n) is 6.10. The van der Waals surface area contributed by atoms with Crippen molar-refractivity contribution in [3.63, 3.8) is 0 Å². The Labute approximate surface area is 102 Å². The quantitative estimate of drug-likeness (QED) is 0.744. The summed E-state index contributed by atoms with van der Waals surface area (Å²) >= 11 is 0. The Kier molecular flexibility index (Phi) is 3.98. The minimum atomic E-state index is -0.517. The lowest BCUT2D eigenvalue weighted by atomic mass is 9.91. The predicted octanol–water partition coefficient (Wildman–Crippen LogP) is 1.72. The molecule has 1 heterocycles. The molecule has 4 nitrogen and oxygen atoms in total. The third-order valence-electron chi connectivity index (χ3n) is 3.20. The molecule has 0 saturated carbocycles. The molecule has 4 N–H and O–H groups in total. The van der Waals surface area contributed by atoms with Gasteiger partial charge >= 0.3 is 6.03 Å². The Morgan fingerprint density at radius 3 is 2.53 bits per heavy atom. The molecule has 0 bridgehead atoms. The Bertz CT molecular complexity index is 369. The van der Waals surface area contributed by atoms with E-state index in [4.69, 9.17) is 5.73 Å². The van der Waals surface area contributed by atoms with E-state index >= 15 is 0 Å². The van der Waals surface area contributed by atoms with Gasteiger partial charge in [0.2, 0.25) is 0 Å². The highest BCUT2D eigenvalue weighted by atomic mass is 16.2. The van der Waals surface area contributed by atoms with Gasteiger partial charge in [-0.3, -0.25) is 0 Å². The van der Waals surface area contributed by atoms with Crippen LogP contribution in [0.4, 0.5) is 10.5 Å². The summed E-state index contributed by atoms with van der Waals surface area (Å²) in [5.74, 6) is 0.784. The highest BCUT2D eigenvalue weighted by Crippen LogP contribution is 2.19. The molecule has 0 aromatic heterocycles. The number of urea groups is 1. The van der Waals surface area contributed by atoms with Gasteiger partial charge in [-0.25, -0.2) is 4.79 Å². The van der Waals surface area contributed by atoms with Crippen LogP contribution in [-0.2, 0) is 6.42 Å². The number of hydrogen-bond acceptors (Lipinski definition) is 2. The summed E-state index contributed by atoms with van der Waals surface area (Å²) in [6.45, 7) is 2.26. The number of carbonyl (C=O) groups excluding carboxylic acids is 1. The fourth-order valence-corrected chi connectivity index (χ4v) is 2.29. The van der Waals surface area contributed by atoms with Crippen LogP contribution in [0.25, 0.3) is 0 Å². The summed E-state index contributed by atoms with van der Waals surface area (Å²) in [6, 6.07) is 7.42. The first kappa shape index (κ1) is 11.9. The van der Waals surface area contributed by atoms with Gasteiger partial charge in [-0.1, -0.05) is 12.1 Å². The van der Waals surface area contributed by atoms with E-state index in [0.29, 0.717) is 0 Å². The number of primary amides is 1. The molecule has 1 aromatic carbocycles. The molecule has 4 heteroatoms. The third-order valence-corrected chi connectivity index (χ3v) is 3.20. The number of hydrogen-bond donors (Lipinski definition) is 3. The number of rotatable bonds is 3. The number of nitrogens with one attached hydrogen (secondary N) is 2. The van der Waals surface area contributed by atoms with Crippen molar-refractivity contribution in [1.29, 1.82) is 0 Å². The molecule has 1 aromatic rings. The first-order valence-corrected chi connectivity index (χ1v) is 6.10. The summed E-state index contributed by atoms with van der Waals surface area (Å²) in [4.78, 5) is 10.7. The Morgan fingerprint density at radius 1 is 1.29 bits per heavy atom. The Morgan fingerprint density at radius 2 is 1.94 bits per heavy atom. The lowest BCUT2D eigenvalue weighted by Crippen LogP contribution is -2.28. The smallest absolute Gasteiger partial charge is 0.316 e. The fraction of sp³-hybridized carbons (Fsp3) is 0.462. The molecule has 92 valence electrons. The van der Waals surface area contributed by atoms with Crippen LogP contribution < -0.4 is 16.4 Å². The molecule has 1 aliphatic rings. The minimum absolute atomic E-state index is 0.517. The van der Waals surface area contributed by atoms with Gasteiger partial charge in [0, 0.05) is 5.69 Å². The van der Waals surface area contributed by atoms with Crippen LogP contribution >= 0.6 is 0 Å². The molecular weight excluding hydrogens is 214 g/mol. The molecular formula is C13H19N3O. The molecule has 0 radical (unpaired) electrons. The molecule has 17 heavy (non-hydrogen) atoms. The van der Waals surface area contributed by atoms with E-state index < -0.39 is 6.03 Å². The van der Waals surface area contributed by atoms with Crippen LogP contribution in [0, 0.1) is 5.92 Å². The van der Waals surface area contributed by atoms with Gasteiger partial charge < -0.3 is 16.4 Å². The van der Waals surface area contributed by atoms with E-state index in [-0.39, 0.29) is 0 Å². The molecule has 1 fully saturated rings. The maximum Gasteiger partial charge on any atom is 0.316 e. The normalized spacial score (nSPS) is 16.7. The van der Waals surface area contributed by atoms with Crippen LogP contribution in [0.2, 0.25) is 0 Å². The zero-order chi connectivity index (χ0) is 12.1. The SMILES string of the molecule is NC(=O)Nc1ccc(CC2CCNCC2)cc1. The monoisotopic (exact) mass is 233 g/mol. The van der Waals surface area contributed by atoms with E-state index in [1.54, 1.807) is 0 Å². The molecule has 1 aliphatic heterocycles. The average molecular weight is 233 g/mol. The second-order valence-electron chi connectivity index (χ2n) is 4.58. The topological polar surface area (TPSA) is 67.2 Å². The van der Waals surface area contributed by atoms with Crippen molar-refractivity contribution in [2.24, 2.45) is 11.7 Å². The molecule has 0 aliphatic carbocycles. The van der Waals surface area contributed by atoms with Crippen molar-refractivity contribution in [2.45, 2.75) is 19.3 Å². The van der Waals surface area contributed by atoms with Crippen LogP contribution in [0.5, 0.6) is 0 Å². The highest BCUT2D eigenvalue weighted by Gasteiger charge is 2.13. The van der Waals surface area contributed by atoms with Crippen LogP contribution in [0.1, 0.15) is 18.4 Å². The second kappa shape index (κ2) is 5.68. The molecule has 0 unspecified atom stereocenters. The average Bonchev–Trinajstić information content (AvgIpc) is 2.32. The van der Waals surface area contributed by atoms with Gasteiger partial charge in [-0.15, -0.1) is 0 Å². The number of amides is 2. The number of carbonyl (C=O) groups is 1. The summed E-state index contributed by atoms with van der Waals surface area (Å²) in [5, 5.41) is 5.93. The zero-order valence-electron chi connectivity index (χ0n) is 9.91. The van der Waals surface area contributed by atoms with E-state index in [1.807, 2.05) is 12.1 Å². The molecule has 0 spiro atoms. The van der Waals surface area contributed by atoms with Gasteiger partial charge in [0.25, 0.3) is 0 Å². The van der Waals surface area contributed by atoms with E-state index in [1.165, 1.54) is 18.4 Å². The number of nitrogens with two attached hydrogens (primary N) is 1. The van der Waals surface area contributed by atoms with Crippen molar-refractivity contribution < 1.29 is 4.79 Å². The first-order chi connectivity index (χ1) is 8.24. The fourth-order valence-electron chi connectivity index (χ4n) is 2.29. The van der Waals surface area contributed by atoms with Gasteiger partial charge in [-0.05, 0) is 56.0 Å². The number of piperidine rings is 1. The summed E-state index contributed by atoms with van der Waals surface area (Å²) in [5.41, 5.74) is 7.14. The van der Waals surface area contributed by atoms with Gasteiger partial charge in [-0.2, -0.15) is 0 Å². The van der Waals surface area contributed by atoms with Gasteiger partial charge in [0.15, 0.2) is 0 Å². The van der Waals surface area contributed by atoms with Crippen molar-refractivity contribution in [2.75, 3.05) is 18.4 Å². The second-order valence-corrected chi connectivity index (χ2v) is 4.58. The zero-order valence-corrected chi connectivity index (χ0v) is 9.91. The third kappa shape index (κ3) is 3.75. The standard InChI is InChI=1S/C13H19N3O/c14-13(17)16-12-3-1-10(2-4-12)9-11-5-7-15-8-6-11/h1-4,11,15H,5-9H2,(H3,14,16,17). The largest absolute Gasteiger partial charge is 0.351 e. The molecule has 2 amide bonds. The molecule has 0 atom stereocenters. The maximum absolute atomic E-state index is 10.7. The Balaban J connectivity index is 1.90. The van der Waals surface area contributed by atoms with Gasteiger partial charge in [0.1, 0.15) is 0 Å². The van der Waals surface area contributed by atoms with Crippen LogP contribution in [-0.4, -0.2) is 19.1 Å². The van der Waals surface area contributed by atoms with Crippen LogP contribution in [0.15, 0.2) is 24.3 Å². The summed E-state index contributed by atoms with van der Waals surface area (Å²) in [7, 11) is 0. The summed E-state index contributed by atoms with van der Waals surface area (Å²) < 4.78 is 0. The van der Waals surface area contributed by atoms with Crippen molar-refractivity contribution >= 4 is 11.7 Å². The van der Waals surface area contributed by atoms with Crippen LogP contribution in [0.3, 0.4) is 0 Å².